The van der Waals surface area contributed by atoms with Crippen LogP contribution in [0.3, 0.4) is 0 Å². The van der Waals surface area contributed by atoms with Gasteiger partial charge in [-0.15, -0.1) is 0 Å². The zero-order valence-electron chi connectivity index (χ0n) is 11.5. The van der Waals surface area contributed by atoms with Gasteiger partial charge in [0.05, 0.1) is 0 Å². The fourth-order valence-corrected chi connectivity index (χ4v) is 1.64. The minimum atomic E-state index is -0.781. The molecule has 0 spiro atoms. The molecule has 1 N–H and O–H groups in total. The molecule has 0 aliphatic rings. The van der Waals surface area contributed by atoms with Crippen molar-refractivity contribution in [2.24, 2.45) is 5.92 Å². The summed E-state index contributed by atoms with van der Waals surface area (Å²) in [5.41, 5.74) is 0.868. The molecule has 1 rings (SSSR count). The summed E-state index contributed by atoms with van der Waals surface area (Å²) in [7, 11) is 0. The number of benzene rings is 1. The minimum absolute atomic E-state index is 0.130. The van der Waals surface area contributed by atoms with E-state index >= 15 is 0 Å². The standard InChI is InChI=1S/C14H18ClNO4/c1-10(2)12(13(17)20-9-15)16-14(18)19-8-11-6-4-3-5-7-11/h3-7,10,12H,8-9H2,1-2H3,(H,16,18). The number of carbonyl (C=O) groups is 2. The third kappa shape index (κ3) is 5.48. The van der Waals surface area contributed by atoms with Crippen molar-refractivity contribution in [3.63, 3.8) is 0 Å². The van der Waals surface area contributed by atoms with Crippen LogP contribution in [0.1, 0.15) is 19.4 Å². The smallest absolute Gasteiger partial charge is 0.408 e. The summed E-state index contributed by atoms with van der Waals surface area (Å²) >= 11 is 5.34. The summed E-state index contributed by atoms with van der Waals surface area (Å²) < 4.78 is 9.73. The fraction of sp³-hybridized carbons (Fsp3) is 0.429. The number of alkyl halides is 1. The number of alkyl carbamates (subject to hydrolysis) is 1. The van der Waals surface area contributed by atoms with E-state index in [-0.39, 0.29) is 18.6 Å². The average molecular weight is 300 g/mol. The van der Waals surface area contributed by atoms with Crippen LogP contribution >= 0.6 is 11.6 Å². The number of hydrogen-bond acceptors (Lipinski definition) is 4. The van der Waals surface area contributed by atoms with Crippen molar-refractivity contribution in [3.8, 4) is 0 Å². The molecule has 1 amide bonds. The Morgan fingerprint density at radius 3 is 2.40 bits per heavy atom. The highest BCUT2D eigenvalue weighted by Gasteiger charge is 2.26. The van der Waals surface area contributed by atoms with Crippen molar-refractivity contribution in [2.75, 3.05) is 6.07 Å². The molecule has 0 saturated carbocycles. The Kier molecular flexibility index (Phi) is 6.87. The lowest BCUT2D eigenvalue weighted by Gasteiger charge is -2.19. The number of halogens is 1. The zero-order valence-corrected chi connectivity index (χ0v) is 12.2. The number of rotatable bonds is 6. The van der Waals surface area contributed by atoms with E-state index in [4.69, 9.17) is 16.3 Å². The highest BCUT2D eigenvalue weighted by Crippen LogP contribution is 2.06. The first-order chi connectivity index (χ1) is 9.54. The first-order valence-corrected chi connectivity index (χ1v) is 6.78. The second kappa shape index (κ2) is 8.43. The van der Waals surface area contributed by atoms with E-state index in [1.165, 1.54) is 0 Å². The molecule has 1 aromatic carbocycles. The van der Waals surface area contributed by atoms with Crippen LogP contribution in [0.25, 0.3) is 0 Å². The van der Waals surface area contributed by atoms with Crippen molar-refractivity contribution in [1.29, 1.82) is 0 Å². The summed E-state index contributed by atoms with van der Waals surface area (Å²) in [4.78, 5) is 23.3. The summed E-state index contributed by atoms with van der Waals surface area (Å²) in [5, 5.41) is 2.48. The van der Waals surface area contributed by atoms with Gasteiger partial charge in [0.15, 0.2) is 6.07 Å². The van der Waals surface area contributed by atoms with Gasteiger partial charge in [0.2, 0.25) is 0 Å². The number of ether oxygens (including phenoxy) is 2. The topological polar surface area (TPSA) is 64.6 Å². The Labute approximate surface area is 123 Å². The van der Waals surface area contributed by atoms with Crippen molar-refractivity contribution < 1.29 is 19.1 Å². The number of esters is 1. The quantitative estimate of drug-likeness (QED) is 0.648. The van der Waals surface area contributed by atoms with Crippen LogP contribution in [0, 0.1) is 5.92 Å². The van der Waals surface area contributed by atoms with Gasteiger partial charge < -0.3 is 14.8 Å². The van der Waals surface area contributed by atoms with Gasteiger partial charge in [-0.25, -0.2) is 9.59 Å². The molecule has 0 saturated heterocycles. The van der Waals surface area contributed by atoms with Crippen molar-refractivity contribution in [1.82, 2.24) is 5.32 Å². The van der Waals surface area contributed by atoms with Gasteiger partial charge in [0.1, 0.15) is 12.6 Å². The van der Waals surface area contributed by atoms with Crippen LogP contribution in [-0.2, 0) is 20.9 Å². The van der Waals surface area contributed by atoms with Crippen LogP contribution in [0.15, 0.2) is 30.3 Å². The molecule has 0 radical (unpaired) electrons. The molecular weight excluding hydrogens is 282 g/mol. The predicted molar refractivity (Wildman–Crippen MR) is 75.2 cm³/mol. The van der Waals surface area contributed by atoms with E-state index in [9.17, 15) is 9.59 Å². The van der Waals surface area contributed by atoms with E-state index in [0.717, 1.165) is 5.56 Å². The van der Waals surface area contributed by atoms with E-state index in [0.29, 0.717) is 0 Å². The minimum Gasteiger partial charge on any atom is -0.448 e. The van der Waals surface area contributed by atoms with E-state index < -0.39 is 18.1 Å². The lowest BCUT2D eigenvalue weighted by Crippen LogP contribution is -2.45. The maximum absolute atomic E-state index is 11.7. The van der Waals surface area contributed by atoms with E-state index in [1.807, 2.05) is 30.3 Å². The van der Waals surface area contributed by atoms with Gasteiger partial charge in [-0.2, -0.15) is 0 Å². The lowest BCUT2D eigenvalue weighted by molar-refractivity contribution is -0.145. The van der Waals surface area contributed by atoms with Crippen molar-refractivity contribution in [2.45, 2.75) is 26.5 Å². The molecule has 0 heterocycles. The first-order valence-electron chi connectivity index (χ1n) is 6.24. The largest absolute Gasteiger partial charge is 0.448 e. The molecule has 1 unspecified atom stereocenters. The Hall–Kier alpha value is -1.75. The number of nitrogens with one attached hydrogen (secondary N) is 1. The van der Waals surface area contributed by atoms with Gasteiger partial charge in [0, 0.05) is 0 Å². The van der Waals surface area contributed by atoms with Gasteiger partial charge in [-0.3, -0.25) is 0 Å². The molecule has 0 aromatic heterocycles. The average Bonchev–Trinajstić information content (AvgIpc) is 2.43. The SMILES string of the molecule is CC(C)C(NC(=O)OCc1ccccc1)C(=O)OCCl. The molecule has 0 aliphatic heterocycles. The Balaban J connectivity index is 2.48. The summed E-state index contributed by atoms with van der Waals surface area (Å²) in [6, 6.07) is 8.24. The Morgan fingerprint density at radius 1 is 1.20 bits per heavy atom. The predicted octanol–water partition coefficient (Wildman–Crippen LogP) is 2.68. The summed E-state index contributed by atoms with van der Waals surface area (Å²) in [5.74, 6) is -0.707. The monoisotopic (exact) mass is 299 g/mol. The van der Waals surface area contributed by atoms with Crippen LogP contribution in [0.2, 0.25) is 0 Å². The fourth-order valence-electron chi connectivity index (χ4n) is 1.53. The Bertz CT molecular complexity index is 436. The molecule has 110 valence electrons. The highest BCUT2D eigenvalue weighted by molar-refractivity contribution is 6.17. The van der Waals surface area contributed by atoms with Crippen molar-refractivity contribution in [3.05, 3.63) is 35.9 Å². The maximum Gasteiger partial charge on any atom is 0.408 e. The molecule has 0 fully saturated rings. The lowest BCUT2D eigenvalue weighted by atomic mass is 10.1. The molecule has 1 aromatic rings. The van der Waals surface area contributed by atoms with Crippen LogP contribution in [0.4, 0.5) is 4.79 Å². The van der Waals surface area contributed by atoms with Gasteiger partial charge >= 0.3 is 12.1 Å². The third-order valence-electron chi connectivity index (χ3n) is 2.60. The summed E-state index contributed by atoms with van der Waals surface area (Å²) in [6.45, 7) is 3.72. The first kappa shape index (κ1) is 16.3. The van der Waals surface area contributed by atoms with Crippen molar-refractivity contribution >= 4 is 23.7 Å². The maximum atomic E-state index is 11.7. The van der Waals surface area contributed by atoms with Crippen LogP contribution in [-0.4, -0.2) is 24.2 Å². The molecule has 0 bridgehead atoms. The van der Waals surface area contributed by atoms with Crippen LogP contribution in [0.5, 0.6) is 0 Å². The molecule has 6 heteroatoms. The van der Waals surface area contributed by atoms with E-state index in [2.05, 4.69) is 10.1 Å². The van der Waals surface area contributed by atoms with Gasteiger partial charge in [-0.1, -0.05) is 55.8 Å². The molecule has 0 aliphatic carbocycles. The second-order valence-electron chi connectivity index (χ2n) is 4.50. The van der Waals surface area contributed by atoms with E-state index in [1.54, 1.807) is 13.8 Å². The summed E-state index contributed by atoms with van der Waals surface area (Å²) in [6.07, 6.45) is -0.668. The second-order valence-corrected chi connectivity index (χ2v) is 4.72. The molecule has 1 atom stereocenters. The number of carbonyl (C=O) groups excluding carboxylic acids is 2. The normalized spacial score (nSPS) is 11.8. The number of amides is 1. The third-order valence-corrected chi connectivity index (χ3v) is 2.71. The number of hydrogen-bond donors (Lipinski definition) is 1. The zero-order chi connectivity index (χ0) is 15.0. The van der Waals surface area contributed by atoms with Crippen LogP contribution < -0.4 is 5.32 Å². The Morgan fingerprint density at radius 2 is 1.85 bits per heavy atom. The van der Waals surface area contributed by atoms with Gasteiger partial charge in [-0.05, 0) is 11.5 Å². The molecular formula is C14H18ClNO4. The van der Waals surface area contributed by atoms with Gasteiger partial charge in [0.25, 0.3) is 0 Å². The molecule has 5 nitrogen and oxygen atoms in total. The highest BCUT2D eigenvalue weighted by atomic mass is 35.5. The molecule has 20 heavy (non-hydrogen) atoms.